The molecule has 4 nitrogen and oxygen atoms in total. The van der Waals surface area contributed by atoms with Crippen molar-refractivity contribution in [3.63, 3.8) is 0 Å². The monoisotopic (exact) mass is 366 g/mol. The third-order valence-corrected chi connectivity index (χ3v) is 5.54. The van der Waals surface area contributed by atoms with Crippen molar-refractivity contribution in [1.82, 2.24) is 10.2 Å². The van der Waals surface area contributed by atoms with Crippen molar-refractivity contribution in [1.29, 1.82) is 0 Å². The van der Waals surface area contributed by atoms with Crippen molar-refractivity contribution in [2.75, 3.05) is 6.54 Å². The fourth-order valence-electron chi connectivity index (χ4n) is 3.88. The highest BCUT2D eigenvalue weighted by atomic mass is 19.1. The summed E-state index contributed by atoms with van der Waals surface area (Å²) in [7, 11) is 0. The van der Waals surface area contributed by atoms with E-state index in [2.05, 4.69) is 5.32 Å². The Morgan fingerprint density at radius 3 is 2.59 bits per heavy atom. The summed E-state index contributed by atoms with van der Waals surface area (Å²) in [4.78, 5) is 26.2. The SMILES string of the molecule is O=C(NCc1ccccc1CN1CCCC1=O)C1CC1c1ccccc1F. The second-order valence-corrected chi connectivity index (χ2v) is 7.38. The van der Waals surface area contributed by atoms with Gasteiger partial charge in [-0.3, -0.25) is 9.59 Å². The molecular formula is C22H23FN2O2. The van der Waals surface area contributed by atoms with E-state index in [0.717, 1.165) is 24.1 Å². The lowest BCUT2D eigenvalue weighted by atomic mass is 10.1. The quantitative estimate of drug-likeness (QED) is 0.852. The van der Waals surface area contributed by atoms with E-state index in [1.807, 2.05) is 35.2 Å². The van der Waals surface area contributed by atoms with Crippen LogP contribution in [0.15, 0.2) is 48.5 Å². The van der Waals surface area contributed by atoms with Crippen molar-refractivity contribution in [2.45, 2.75) is 38.3 Å². The summed E-state index contributed by atoms with van der Waals surface area (Å²) in [6, 6.07) is 14.6. The standard InChI is InChI=1S/C22H23FN2O2/c23-20-9-4-3-8-17(20)18-12-19(18)22(27)24-13-15-6-1-2-7-16(15)14-25-11-5-10-21(25)26/h1-4,6-9,18-19H,5,10-14H2,(H,24,27). The van der Waals surface area contributed by atoms with Crippen LogP contribution >= 0.6 is 0 Å². The Bertz CT molecular complexity index is 867. The Kier molecular flexibility index (Phi) is 4.92. The average Bonchev–Trinajstić information content (AvgIpc) is 3.37. The molecule has 2 aromatic carbocycles. The molecule has 1 saturated carbocycles. The fraction of sp³-hybridized carbons (Fsp3) is 0.364. The van der Waals surface area contributed by atoms with Gasteiger partial charge in [-0.15, -0.1) is 0 Å². The zero-order valence-corrected chi connectivity index (χ0v) is 15.2. The third kappa shape index (κ3) is 3.87. The van der Waals surface area contributed by atoms with E-state index in [4.69, 9.17) is 0 Å². The highest BCUT2D eigenvalue weighted by molar-refractivity contribution is 5.83. The van der Waals surface area contributed by atoms with Crippen LogP contribution in [0.1, 0.15) is 41.9 Å². The molecule has 5 heteroatoms. The molecule has 0 bridgehead atoms. The van der Waals surface area contributed by atoms with E-state index in [0.29, 0.717) is 31.5 Å². The van der Waals surface area contributed by atoms with Crippen molar-refractivity contribution in [3.8, 4) is 0 Å². The summed E-state index contributed by atoms with van der Waals surface area (Å²) in [5, 5.41) is 2.99. The number of nitrogens with zero attached hydrogens (tertiary/aromatic N) is 1. The number of carbonyl (C=O) groups excluding carboxylic acids is 2. The van der Waals surface area contributed by atoms with Crippen molar-refractivity contribution >= 4 is 11.8 Å². The predicted molar refractivity (Wildman–Crippen MR) is 100 cm³/mol. The van der Waals surface area contributed by atoms with E-state index in [1.54, 1.807) is 12.1 Å². The molecule has 0 spiro atoms. The Morgan fingerprint density at radius 1 is 1.11 bits per heavy atom. The molecular weight excluding hydrogens is 343 g/mol. The predicted octanol–water partition coefficient (Wildman–Crippen LogP) is 3.37. The van der Waals surface area contributed by atoms with Crippen LogP contribution in [0.2, 0.25) is 0 Å². The molecule has 0 radical (unpaired) electrons. The first-order valence-electron chi connectivity index (χ1n) is 9.50. The van der Waals surface area contributed by atoms with E-state index >= 15 is 0 Å². The van der Waals surface area contributed by atoms with Crippen LogP contribution in [0.3, 0.4) is 0 Å². The van der Waals surface area contributed by atoms with Crippen molar-refractivity contribution in [3.05, 3.63) is 71.0 Å². The van der Waals surface area contributed by atoms with E-state index in [-0.39, 0.29) is 29.5 Å². The lowest BCUT2D eigenvalue weighted by Gasteiger charge is -2.18. The number of hydrogen-bond acceptors (Lipinski definition) is 2. The van der Waals surface area contributed by atoms with Crippen molar-refractivity contribution in [2.24, 2.45) is 5.92 Å². The first kappa shape index (κ1) is 17.7. The Balaban J connectivity index is 1.36. The van der Waals surface area contributed by atoms with Crippen LogP contribution in [0.25, 0.3) is 0 Å². The van der Waals surface area contributed by atoms with Gasteiger partial charge in [-0.25, -0.2) is 4.39 Å². The molecule has 1 saturated heterocycles. The first-order valence-corrected chi connectivity index (χ1v) is 9.50. The largest absolute Gasteiger partial charge is 0.352 e. The number of nitrogens with one attached hydrogen (secondary N) is 1. The molecule has 2 fully saturated rings. The minimum absolute atomic E-state index is 0.0244. The Morgan fingerprint density at radius 2 is 1.85 bits per heavy atom. The molecule has 0 aromatic heterocycles. The Hall–Kier alpha value is -2.69. The molecule has 1 N–H and O–H groups in total. The lowest BCUT2D eigenvalue weighted by molar-refractivity contribution is -0.128. The van der Waals surface area contributed by atoms with E-state index in [9.17, 15) is 14.0 Å². The molecule has 2 unspecified atom stereocenters. The van der Waals surface area contributed by atoms with Gasteiger partial charge < -0.3 is 10.2 Å². The molecule has 140 valence electrons. The van der Waals surface area contributed by atoms with Crippen LogP contribution in [0.5, 0.6) is 0 Å². The lowest BCUT2D eigenvalue weighted by Crippen LogP contribution is -2.27. The van der Waals surface area contributed by atoms with Gasteiger partial charge in [0, 0.05) is 32.0 Å². The van der Waals surface area contributed by atoms with Crippen LogP contribution in [0, 0.1) is 11.7 Å². The average molecular weight is 366 g/mol. The minimum Gasteiger partial charge on any atom is -0.352 e. The normalized spacial score (nSPS) is 21.4. The molecule has 4 rings (SSSR count). The second-order valence-electron chi connectivity index (χ2n) is 7.38. The number of rotatable bonds is 6. The summed E-state index contributed by atoms with van der Waals surface area (Å²) in [6.07, 6.45) is 2.23. The number of amides is 2. The molecule has 2 aromatic rings. The molecule has 2 aliphatic rings. The summed E-state index contributed by atoms with van der Waals surface area (Å²) in [5.41, 5.74) is 2.72. The maximum absolute atomic E-state index is 13.9. The van der Waals surface area contributed by atoms with Gasteiger partial charge in [-0.05, 0) is 41.5 Å². The zero-order chi connectivity index (χ0) is 18.8. The highest BCUT2D eigenvalue weighted by Gasteiger charge is 2.44. The number of hydrogen-bond donors (Lipinski definition) is 1. The number of likely N-dealkylation sites (tertiary alicyclic amines) is 1. The third-order valence-electron chi connectivity index (χ3n) is 5.54. The van der Waals surface area contributed by atoms with Crippen LogP contribution in [-0.2, 0) is 22.7 Å². The van der Waals surface area contributed by atoms with Gasteiger partial charge in [0.05, 0.1) is 0 Å². The zero-order valence-electron chi connectivity index (χ0n) is 15.2. The minimum atomic E-state index is -0.238. The summed E-state index contributed by atoms with van der Waals surface area (Å²) < 4.78 is 13.9. The topological polar surface area (TPSA) is 49.4 Å². The van der Waals surface area contributed by atoms with Crippen molar-refractivity contribution < 1.29 is 14.0 Å². The molecule has 1 heterocycles. The van der Waals surface area contributed by atoms with Gasteiger partial charge in [0.15, 0.2) is 0 Å². The molecule has 2 amide bonds. The van der Waals surface area contributed by atoms with Gasteiger partial charge in [-0.2, -0.15) is 0 Å². The molecule has 1 aliphatic carbocycles. The van der Waals surface area contributed by atoms with E-state index in [1.165, 1.54) is 6.07 Å². The maximum Gasteiger partial charge on any atom is 0.224 e. The van der Waals surface area contributed by atoms with Gasteiger partial charge in [-0.1, -0.05) is 42.5 Å². The van der Waals surface area contributed by atoms with Crippen LogP contribution < -0.4 is 5.32 Å². The van der Waals surface area contributed by atoms with E-state index < -0.39 is 0 Å². The number of halogens is 1. The van der Waals surface area contributed by atoms with Gasteiger partial charge in [0.1, 0.15) is 5.82 Å². The Labute approximate surface area is 158 Å². The first-order chi connectivity index (χ1) is 13.1. The smallest absolute Gasteiger partial charge is 0.224 e. The molecule has 2 atom stereocenters. The van der Waals surface area contributed by atoms with Crippen LogP contribution in [-0.4, -0.2) is 23.3 Å². The van der Waals surface area contributed by atoms with Gasteiger partial charge in [0.2, 0.25) is 11.8 Å². The summed E-state index contributed by atoms with van der Waals surface area (Å²) in [5.74, 6) is -0.258. The summed E-state index contributed by atoms with van der Waals surface area (Å²) in [6.45, 7) is 1.82. The maximum atomic E-state index is 13.9. The summed E-state index contributed by atoms with van der Waals surface area (Å²) >= 11 is 0. The fourth-order valence-corrected chi connectivity index (χ4v) is 3.88. The number of benzene rings is 2. The molecule has 1 aliphatic heterocycles. The number of carbonyl (C=O) groups is 2. The van der Waals surface area contributed by atoms with Gasteiger partial charge in [0.25, 0.3) is 0 Å². The molecule has 27 heavy (non-hydrogen) atoms. The second kappa shape index (κ2) is 7.51. The van der Waals surface area contributed by atoms with Gasteiger partial charge >= 0.3 is 0 Å². The van der Waals surface area contributed by atoms with Crippen LogP contribution in [0.4, 0.5) is 4.39 Å². The highest BCUT2D eigenvalue weighted by Crippen LogP contribution is 2.48.